The van der Waals surface area contributed by atoms with Crippen LogP contribution >= 0.6 is 11.6 Å². The Kier molecular flexibility index (Phi) is 19.4. The molecule has 0 aromatic rings. The van der Waals surface area contributed by atoms with E-state index < -0.39 is 11.5 Å². The van der Waals surface area contributed by atoms with Gasteiger partial charge in [0.25, 0.3) is 0 Å². The molecule has 0 fully saturated rings. The minimum absolute atomic E-state index is 0. The Labute approximate surface area is 145 Å². The van der Waals surface area contributed by atoms with E-state index in [1.807, 2.05) is 0 Å². The third-order valence-electron chi connectivity index (χ3n) is 2.97. The van der Waals surface area contributed by atoms with Crippen molar-refractivity contribution in [1.82, 2.24) is 0 Å². The molecule has 110 valence electrons. The summed E-state index contributed by atoms with van der Waals surface area (Å²) in [6.07, 6.45) is 12.6. The molecule has 0 saturated carbocycles. The number of rotatable bonds is 12. The summed E-state index contributed by atoms with van der Waals surface area (Å²) in [5, 5.41) is 0. The van der Waals surface area contributed by atoms with Gasteiger partial charge in [0.15, 0.2) is 5.50 Å². The van der Waals surface area contributed by atoms with E-state index in [0.29, 0.717) is 6.61 Å². The number of hydrogen-bond acceptors (Lipinski definition) is 3. The quantitative estimate of drug-likeness (QED) is 0.198. The van der Waals surface area contributed by atoms with Gasteiger partial charge in [-0.15, -0.1) is 0 Å². The molecule has 0 radical (unpaired) electrons. The third kappa shape index (κ3) is 16.7. The van der Waals surface area contributed by atoms with Gasteiger partial charge >= 0.3 is 35.5 Å². The van der Waals surface area contributed by atoms with Gasteiger partial charge < -0.3 is 10.5 Å². The molecule has 0 spiro atoms. The van der Waals surface area contributed by atoms with Crippen molar-refractivity contribution >= 4 is 47.1 Å². The van der Waals surface area contributed by atoms with Gasteiger partial charge in [-0.25, -0.2) is 4.79 Å². The van der Waals surface area contributed by atoms with Crippen molar-refractivity contribution in [3.05, 3.63) is 0 Å². The fourth-order valence-electron chi connectivity index (χ4n) is 1.84. The molecule has 0 amide bonds. The number of hydrogen-bond donors (Lipinski definition) is 1. The molecule has 1 unspecified atom stereocenters. The summed E-state index contributed by atoms with van der Waals surface area (Å²) in [4.78, 5) is 10.9. The monoisotopic (exact) mass is 301 g/mol. The van der Waals surface area contributed by atoms with Gasteiger partial charge in [-0.2, -0.15) is 0 Å². The normalized spacial score (nSPS) is 11.7. The fraction of sp³-hybridized carbons (Fsp3) is 0.929. The Morgan fingerprint density at radius 2 is 1.42 bits per heavy atom. The Balaban J connectivity index is 0. The molecule has 0 bridgehead atoms. The van der Waals surface area contributed by atoms with Crippen LogP contribution in [0, 0.1) is 0 Å². The maximum atomic E-state index is 10.9. The number of alkyl halides is 1. The van der Waals surface area contributed by atoms with Crippen LogP contribution in [0.2, 0.25) is 0 Å². The van der Waals surface area contributed by atoms with E-state index in [1.165, 1.54) is 51.4 Å². The van der Waals surface area contributed by atoms with Gasteiger partial charge in [-0.1, -0.05) is 76.3 Å². The molecule has 3 nitrogen and oxygen atoms in total. The van der Waals surface area contributed by atoms with E-state index in [4.69, 9.17) is 22.1 Å². The van der Waals surface area contributed by atoms with Crippen LogP contribution in [-0.2, 0) is 9.53 Å². The van der Waals surface area contributed by atoms with Gasteiger partial charge in [0.2, 0.25) is 0 Å². The molecule has 0 aliphatic heterocycles. The van der Waals surface area contributed by atoms with Crippen LogP contribution in [0.15, 0.2) is 0 Å². The van der Waals surface area contributed by atoms with E-state index in [2.05, 4.69) is 6.92 Å². The SMILES string of the molecule is CCCCCCCCCCCCOC(=O)C(N)Cl.[NaH]. The third-order valence-corrected chi connectivity index (χ3v) is 3.15. The first-order valence-electron chi connectivity index (χ1n) is 7.24. The molecule has 0 heterocycles. The van der Waals surface area contributed by atoms with Crippen LogP contribution in [0.4, 0.5) is 0 Å². The Morgan fingerprint density at radius 1 is 1.00 bits per heavy atom. The number of nitrogens with two attached hydrogens (primary N) is 1. The zero-order valence-electron chi connectivity index (χ0n) is 11.6. The topological polar surface area (TPSA) is 52.3 Å². The van der Waals surface area contributed by atoms with E-state index in [1.54, 1.807) is 0 Å². The molecule has 1 atom stereocenters. The van der Waals surface area contributed by atoms with Crippen LogP contribution in [0.25, 0.3) is 0 Å². The summed E-state index contributed by atoms with van der Waals surface area (Å²) in [5.41, 5.74) is 4.14. The summed E-state index contributed by atoms with van der Waals surface area (Å²) in [6, 6.07) is 0. The summed E-state index contributed by atoms with van der Waals surface area (Å²) in [6.45, 7) is 2.68. The summed E-state index contributed by atoms with van der Waals surface area (Å²) in [7, 11) is 0. The molecule has 19 heavy (non-hydrogen) atoms. The summed E-state index contributed by atoms with van der Waals surface area (Å²) >= 11 is 5.36. The zero-order valence-corrected chi connectivity index (χ0v) is 12.4. The second kappa shape index (κ2) is 16.8. The molecule has 0 aromatic carbocycles. The fourth-order valence-corrected chi connectivity index (χ4v) is 1.90. The second-order valence-corrected chi connectivity index (χ2v) is 5.22. The molecular weight excluding hydrogens is 273 g/mol. The molecule has 0 aromatic heterocycles. The van der Waals surface area contributed by atoms with Crippen molar-refractivity contribution in [3.8, 4) is 0 Å². The standard InChI is InChI=1S/C14H28ClNO2.Na.H/c1-2-3-4-5-6-7-8-9-10-11-12-18-14(17)13(15)16;;/h13H,2-12,16H2,1H3;;. The van der Waals surface area contributed by atoms with Gasteiger partial charge in [-0.3, -0.25) is 0 Å². The van der Waals surface area contributed by atoms with Gasteiger partial charge in [0.05, 0.1) is 6.61 Å². The zero-order chi connectivity index (χ0) is 13.6. The van der Waals surface area contributed by atoms with Crippen LogP contribution in [-0.4, -0.2) is 47.6 Å². The number of esters is 1. The van der Waals surface area contributed by atoms with E-state index in [9.17, 15) is 4.79 Å². The van der Waals surface area contributed by atoms with Crippen LogP contribution in [0.1, 0.15) is 71.1 Å². The van der Waals surface area contributed by atoms with Crippen molar-refractivity contribution in [2.24, 2.45) is 5.73 Å². The van der Waals surface area contributed by atoms with E-state index in [0.717, 1.165) is 12.8 Å². The Morgan fingerprint density at radius 3 is 1.84 bits per heavy atom. The molecular formula is C14H29ClNNaO2. The van der Waals surface area contributed by atoms with Gasteiger partial charge in [0.1, 0.15) is 0 Å². The average molecular weight is 302 g/mol. The minimum atomic E-state index is -1.02. The first-order chi connectivity index (χ1) is 8.68. The second-order valence-electron chi connectivity index (χ2n) is 4.75. The van der Waals surface area contributed by atoms with Crippen molar-refractivity contribution in [2.75, 3.05) is 6.61 Å². The van der Waals surface area contributed by atoms with Crippen molar-refractivity contribution in [1.29, 1.82) is 0 Å². The molecule has 0 saturated heterocycles. The summed E-state index contributed by atoms with van der Waals surface area (Å²) in [5.74, 6) is -0.521. The van der Waals surface area contributed by atoms with Crippen LogP contribution in [0.3, 0.4) is 0 Å². The number of carbonyl (C=O) groups excluding carboxylic acids is 1. The maximum absolute atomic E-state index is 10.9. The van der Waals surface area contributed by atoms with Crippen molar-refractivity contribution in [2.45, 2.75) is 76.6 Å². The predicted molar refractivity (Wildman–Crippen MR) is 83.8 cm³/mol. The number of ether oxygens (including phenoxy) is 1. The van der Waals surface area contributed by atoms with Crippen LogP contribution in [0.5, 0.6) is 0 Å². The van der Waals surface area contributed by atoms with Crippen LogP contribution < -0.4 is 5.73 Å². The first kappa shape index (κ1) is 22.0. The molecule has 2 N–H and O–H groups in total. The van der Waals surface area contributed by atoms with Crippen molar-refractivity contribution in [3.63, 3.8) is 0 Å². The van der Waals surface area contributed by atoms with Crippen molar-refractivity contribution < 1.29 is 9.53 Å². The number of carbonyl (C=O) groups is 1. The average Bonchev–Trinajstić information content (AvgIpc) is 2.35. The Hall–Kier alpha value is 0.720. The Bertz CT molecular complexity index is 204. The molecule has 5 heteroatoms. The van der Waals surface area contributed by atoms with E-state index in [-0.39, 0.29) is 29.6 Å². The molecule has 0 aliphatic rings. The predicted octanol–water partition coefficient (Wildman–Crippen LogP) is 3.33. The van der Waals surface area contributed by atoms with Gasteiger partial charge in [-0.05, 0) is 6.42 Å². The summed E-state index contributed by atoms with van der Waals surface area (Å²) < 4.78 is 4.88. The van der Waals surface area contributed by atoms with Gasteiger partial charge in [0, 0.05) is 0 Å². The number of halogens is 1. The first-order valence-corrected chi connectivity index (χ1v) is 7.68. The van der Waals surface area contributed by atoms with E-state index >= 15 is 0 Å². The molecule has 0 rings (SSSR count). The molecule has 0 aliphatic carbocycles. The number of unbranched alkanes of at least 4 members (excludes halogenated alkanes) is 9.